The third-order valence-corrected chi connectivity index (χ3v) is 7.94. The van der Waals surface area contributed by atoms with Crippen LogP contribution in [-0.2, 0) is 9.47 Å². The summed E-state index contributed by atoms with van der Waals surface area (Å²) in [5.41, 5.74) is 0.582. The molecule has 2 N–H and O–H groups in total. The van der Waals surface area contributed by atoms with Gasteiger partial charge in [-0.15, -0.1) is 24.0 Å². The Labute approximate surface area is 168 Å². The molecule has 5 nitrogen and oxygen atoms in total. The molecule has 0 bridgehead atoms. The zero-order valence-corrected chi connectivity index (χ0v) is 17.9. The van der Waals surface area contributed by atoms with E-state index in [1.54, 1.807) is 0 Å². The molecule has 6 atom stereocenters. The van der Waals surface area contributed by atoms with Gasteiger partial charge in [0.25, 0.3) is 0 Å². The first kappa shape index (κ1) is 18.3. The number of aliphatic imine (C=N–C) groups is 1. The number of hydrogen-bond acceptors (Lipinski definition) is 3. The van der Waals surface area contributed by atoms with E-state index in [0.717, 1.165) is 19.2 Å². The van der Waals surface area contributed by atoms with Crippen molar-refractivity contribution in [2.45, 2.75) is 70.2 Å². The van der Waals surface area contributed by atoms with Crippen LogP contribution in [0.1, 0.15) is 46.0 Å². The third-order valence-electron chi connectivity index (χ3n) is 7.94. The third kappa shape index (κ3) is 2.35. The average molecular weight is 461 g/mol. The van der Waals surface area contributed by atoms with Crippen LogP contribution in [0, 0.1) is 22.7 Å². The number of guanidine groups is 1. The van der Waals surface area contributed by atoms with E-state index in [4.69, 9.17) is 9.47 Å². The van der Waals surface area contributed by atoms with Gasteiger partial charge < -0.3 is 20.1 Å². The molecule has 25 heavy (non-hydrogen) atoms. The maximum Gasteiger partial charge on any atom is 0.191 e. The molecule has 5 fully saturated rings. The molecule has 2 heterocycles. The molecule has 142 valence electrons. The van der Waals surface area contributed by atoms with Crippen molar-refractivity contribution in [3.05, 3.63) is 0 Å². The van der Waals surface area contributed by atoms with E-state index in [9.17, 15) is 0 Å². The van der Waals surface area contributed by atoms with E-state index in [1.165, 1.54) is 32.1 Å². The maximum atomic E-state index is 6.04. The van der Waals surface area contributed by atoms with Crippen molar-refractivity contribution in [1.29, 1.82) is 0 Å². The van der Waals surface area contributed by atoms with Crippen LogP contribution < -0.4 is 10.6 Å². The summed E-state index contributed by atoms with van der Waals surface area (Å²) in [6.45, 7) is 6.50. The fourth-order valence-electron chi connectivity index (χ4n) is 6.54. The molecule has 6 unspecified atom stereocenters. The van der Waals surface area contributed by atoms with Crippen molar-refractivity contribution >= 4 is 29.9 Å². The standard InChI is InChI=1S/C19H31N3O2.HI/c1-18(2)13(11-5-9-23-15(11)18)21-17(20-3)22-14-12-6-10-24-16(12)19(14)7-4-8-19;/h11-16H,4-10H2,1-3H3,(H2,20,21,22);1H. The molecule has 2 aliphatic heterocycles. The van der Waals surface area contributed by atoms with Crippen molar-refractivity contribution < 1.29 is 9.47 Å². The summed E-state index contributed by atoms with van der Waals surface area (Å²) in [6, 6.07) is 1.01. The van der Waals surface area contributed by atoms with Crippen LogP contribution >= 0.6 is 24.0 Å². The van der Waals surface area contributed by atoms with Gasteiger partial charge in [-0.05, 0) is 25.7 Å². The number of fused-ring (bicyclic) bond motifs is 3. The normalized spacial score (nSPS) is 45.3. The minimum Gasteiger partial charge on any atom is -0.377 e. The summed E-state index contributed by atoms with van der Waals surface area (Å²) < 4.78 is 12.0. The Balaban J connectivity index is 0.00000157. The van der Waals surface area contributed by atoms with E-state index < -0.39 is 0 Å². The fourth-order valence-corrected chi connectivity index (χ4v) is 6.54. The SMILES string of the molecule is CN=C(NC1C2CCOC2C1(C)C)NC1C2CCOC2C12CCC2.I. The number of halogens is 1. The van der Waals surface area contributed by atoms with Crippen LogP contribution in [0.25, 0.3) is 0 Å². The van der Waals surface area contributed by atoms with Gasteiger partial charge >= 0.3 is 0 Å². The van der Waals surface area contributed by atoms with Crippen molar-refractivity contribution in [3.8, 4) is 0 Å². The van der Waals surface area contributed by atoms with Crippen LogP contribution in [0.15, 0.2) is 4.99 Å². The van der Waals surface area contributed by atoms with Crippen LogP contribution in [-0.4, -0.2) is 50.5 Å². The summed E-state index contributed by atoms with van der Waals surface area (Å²) in [5.74, 6) is 2.31. The molecule has 2 saturated heterocycles. The molecule has 0 aromatic heterocycles. The fraction of sp³-hybridized carbons (Fsp3) is 0.947. The lowest BCUT2D eigenvalue weighted by Crippen LogP contribution is -2.74. The quantitative estimate of drug-likeness (QED) is 0.377. The largest absolute Gasteiger partial charge is 0.377 e. The average Bonchev–Trinajstić information content (AvgIpc) is 3.12. The van der Waals surface area contributed by atoms with Gasteiger partial charge in [-0.1, -0.05) is 20.3 Å². The predicted octanol–water partition coefficient (Wildman–Crippen LogP) is 2.54. The van der Waals surface area contributed by atoms with Gasteiger partial charge in [0.05, 0.1) is 12.2 Å². The van der Waals surface area contributed by atoms with E-state index >= 15 is 0 Å². The van der Waals surface area contributed by atoms with Gasteiger partial charge in [0, 0.05) is 55.0 Å². The Morgan fingerprint density at radius 2 is 1.56 bits per heavy atom. The summed E-state index contributed by atoms with van der Waals surface area (Å²) >= 11 is 0. The molecule has 3 aliphatic carbocycles. The predicted molar refractivity (Wildman–Crippen MR) is 108 cm³/mol. The van der Waals surface area contributed by atoms with Crippen molar-refractivity contribution in [2.24, 2.45) is 27.7 Å². The Morgan fingerprint density at radius 1 is 0.960 bits per heavy atom. The number of rotatable bonds is 2. The first-order chi connectivity index (χ1) is 11.6. The molecule has 0 amide bonds. The summed E-state index contributed by atoms with van der Waals surface area (Å²) in [7, 11) is 1.90. The Kier molecular flexibility index (Phi) is 4.56. The Morgan fingerprint density at radius 3 is 2.16 bits per heavy atom. The van der Waals surface area contributed by atoms with Gasteiger partial charge in [0.15, 0.2) is 5.96 Å². The van der Waals surface area contributed by atoms with Gasteiger partial charge in [-0.3, -0.25) is 4.99 Å². The minimum absolute atomic E-state index is 0. The minimum atomic E-state index is 0. The highest BCUT2D eigenvalue weighted by atomic mass is 127. The monoisotopic (exact) mass is 461 g/mol. The second-order valence-electron chi connectivity index (χ2n) is 9.21. The van der Waals surface area contributed by atoms with Gasteiger partial charge in [0.1, 0.15) is 0 Å². The van der Waals surface area contributed by atoms with Crippen LogP contribution in [0.2, 0.25) is 0 Å². The second-order valence-corrected chi connectivity index (χ2v) is 9.21. The Hall–Kier alpha value is -0.0800. The number of nitrogens with zero attached hydrogens (tertiary/aromatic N) is 1. The van der Waals surface area contributed by atoms with Gasteiger partial charge in [-0.25, -0.2) is 0 Å². The van der Waals surface area contributed by atoms with Crippen LogP contribution in [0.5, 0.6) is 0 Å². The zero-order valence-electron chi connectivity index (χ0n) is 15.6. The lowest BCUT2D eigenvalue weighted by Gasteiger charge is -2.63. The Bertz CT molecular complexity index is 563. The van der Waals surface area contributed by atoms with Crippen LogP contribution in [0.4, 0.5) is 0 Å². The first-order valence-electron chi connectivity index (χ1n) is 9.81. The van der Waals surface area contributed by atoms with Crippen molar-refractivity contribution in [3.63, 3.8) is 0 Å². The van der Waals surface area contributed by atoms with Crippen molar-refractivity contribution in [1.82, 2.24) is 10.6 Å². The molecular weight excluding hydrogens is 429 g/mol. The molecule has 1 spiro atoms. The van der Waals surface area contributed by atoms with Crippen molar-refractivity contribution in [2.75, 3.05) is 20.3 Å². The molecule has 5 rings (SSSR count). The molecule has 6 heteroatoms. The highest BCUT2D eigenvalue weighted by molar-refractivity contribution is 14.0. The molecule has 0 aromatic carbocycles. The topological polar surface area (TPSA) is 54.9 Å². The highest BCUT2D eigenvalue weighted by Gasteiger charge is 2.67. The van der Waals surface area contributed by atoms with E-state index in [-0.39, 0.29) is 29.4 Å². The molecule has 0 radical (unpaired) electrons. The first-order valence-corrected chi connectivity index (χ1v) is 9.81. The summed E-state index contributed by atoms with van der Waals surface area (Å²) in [5, 5.41) is 7.55. The summed E-state index contributed by atoms with van der Waals surface area (Å²) in [4.78, 5) is 4.56. The molecule has 3 saturated carbocycles. The van der Waals surface area contributed by atoms with Gasteiger partial charge in [-0.2, -0.15) is 0 Å². The zero-order chi connectivity index (χ0) is 16.5. The van der Waals surface area contributed by atoms with Crippen LogP contribution in [0.3, 0.4) is 0 Å². The smallest absolute Gasteiger partial charge is 0.191 e. The molecule has 5 aliphatic rings. The van der Waals surface area contributed by atoms with Gasteiger partial charge in [0.2, 0.25) is 0 Å². The van der Waals surface area contributed by atoms with E-state index in [2.05, 4.69) is 29.5 Å². The number of ether oxygens (including phenoxy) is 2. The maximum absolute atomic E-state index is 6.04. The molecular formula is C19H32IN3O2. The van der Waals surface area contributed by atoms with E-state index in [0.29, 0.717) is 41.5 Å². The lowest BCUT2D eigenvalue weighted by atomic mass is 9.46. The molecule has 0 aromatic rings. The number of hydrogen-bond donors (Lipinski definition) is 2. The number of nitrogens with one attached hydrogen (secondary N) is 2. The highest BCUT2D eigenvalue weighted by Crippen LogP contribution is 2.62. The second kappa shape index (κ2) is 6.23. The van der Waals surface area contributed by atoms with E-state index in [1.807, 2.05) is 7.05 Å². The lowest BCUT2D eigenvalue weighted by molar-refractivity contribution is -0.171. The summed E-state index contributed by atoms with van der Waals surface area (Å²) in [6.07, 6.45) is 7.29.